The highest BCUT2D eigenvalue weighted by atomic mass is 15.1. The lowest BCUT2D eigenvalue weighted by molar-refractivity contribution is 0.924. The standard InChI is InChI=1S/C13H12N4/c1-10-4-5-11(8-14)13(7-10)15-9-12-3-2-6-16-17-12/h2-7,15H,9H2,1H3. The molecule has 0 radical (unpaired) electrons. The summed E-state index contributed by atoms with van der Waals surface area (Å²) in [5, 5.41) is 20.0. The van der Waals surface area contributed by atoms with Crippen molar-refractivity contribution in [3.63, 3.8) is 0 Å². The Morgan fingerprint density at radius 2 is 2.24 bits per heavy atom. The molecule has 0 aliphatic rings. The number of benzene rings is 1. The molecule has 0 saturated heterocycles. The maximum atomic E-state index is 8.99. The van der Waals surface area contributed by atoms with Gasteiger partial charge >= 0.3 is 0 Å². The first kappa shape index (κ1) is 11.1. The van der Waals surface area contributed by atoms with Gasteiger partial charge in [-0.05, 0) is 36.8 Å². The fourth-order valence-corrected chi connectivity index (χ4v) is 1.52. The molecule has 1 aromatic heterocycles. The Bertz CT molecular complexity index is 543. The van der Waals surface area contributed by atoms with Gasteiger partial charge in [0, 0.05) is 6.20 Å². The van der Waals surface area contributed by atoms with Gasteiger partial charge in [0.15, 0.2) is 0 Å². The average Bonchev–Trinajstić information content (AvgIpc) is 2.38. The third kappa shape index (κ3) is 2.79. The van der Waals surface area contributed by atoms with Crippen LogP contribution in [-0.2, 0) is 6.54 Å². The number of nitriles is 1. The summed E-state index contributed by atoms with van der Waals surface area (Å²) >= 11 is 0. The van der Waals surface area contributed by atoms with Gasteiger partial charge in [-0.2, -0.15) is 15.5 Å². The molecule has 1 heterocycles. The van der Waals surface area contributed by atoms with Gasteiger partial charge < -0.3 is 5.32 Å². The van der Waals surface area contributed by atoms with Crippen LogP contribution in [0.2, 0.25) is 0 Å². The average molecular weight is 224 g/mol. The number of aryl methyl sites for hydroxylation is 1. The second kappa shape index (κ2) is 5.08. The van der Waals surface area contributed by atoms with E-state index in [0.29, 0.717) is 12.1 Å². The van der Waals surface area contributed by atoms with Crippen LogP contribution < -0.4 is 5.32 Å². The first-order valence-electron chi connectivity index (χ1n) is 5.31. The first-order chi connectivity index (χ1) is 8.29. The Labute approximate surface area is 99.9 Å². The van der Waals surface area contributed by atoms with Crippen LogP contribution >= 0.6 is 0 Å². The maximum absolute atomic E-state index is 8.99. The molecule has 0 saturated carbocycles. The van der Waals surface area contributed by atoms with Crippen molar-refractivity contribution in [2.24, 2.45) is 0 Å². The van der Waals surface area contributed by atoms with Crippen molar-refractivity contribution in [3.05, 3.63) is 53.3 Å². The fraction of sp³-hybridized carbons (Fsp3) is 0.154. The number of rotatable bonds is 3. The summed E-state index contributed by atoms with van der Waals surface area (Å²) < 4.78 is 0. The summed E-state index contributed by atoms with van der Waals surface area (Å²) in [4.78, 5) is 0. The van der Waals surface area contributed by atoms with Gasteiger partial charge in [-0.15, -0.1) is 0 Å². The van der Waals surface area contributed by atoms with Crippen molar-refractivity contribution in [1.29, 1.82) is 5.26 Å². The van der Waals surface area contributed by atoms with Gasteiger partial charge in [0.1, 0.15) is 6.07 Å². The number of aromatic nitrogens is 2. The predicted octanol–water partition coefficient (Wildman–Crippen LogP) is 2.27. The molecule has 2 rings (SSSR count). The highest BCUT2D eigenvalue weighted by molar-refractivity contribution is 5.58. The van der Waals surface area contributed by atoms with E-state index in [9.17, 15) is 0 Å². The largest absolute Gasteiger partial charge is 0.378 e. The number of anilines is 1. The highest BCUT2D eigenvalue weighted by Gasteiger charge is 2.02. The zero-order valence-electron chi connectivity index (χ0n) is 9.51. The predicted molar refractivity (Wildman–Crippen MR) is 65.3 cm³/mol. The van der Waals surface area contributed by atoms with E-state index in [1.807, 2.05) is 37.3 Å². The molecule has 1 aromatic carbocycles. The minimum Gasteiger partial charge on any atom is -0.378 e. The van der Waals surface area contributed by atoms with E-state index in [-0.39, 0.29) is 0 Å². The molecular weight excluding hydrogens is 212 g/mol. The van der Waals surface area contributed by atoms with Crippen LogP contribution in [0.1, 0.15) is 16.8 Å². The minimum atomic E-state index is 0.561. The van der Waals surface area contributed by atoms with E-state index < -0.39 is 0 Å². The molecule has 0 bridgehead atoms. The molecule has 0 fully saturated rings. The second-order valence-electron chi connectivity index (χ2n) is 3.73. The smallest absolute Gasteiger partial charge is 0.101 e. The normalized spacial score (nSPS) is 9.65. The Hall–Kier alpha value is -2.41. The van der Waals surface area contributed by atoms with E-state index in [1.165, 1.54) is 0 Å². The third-order valence-electron chi connectivity index (χ3n) is 2.38. The molecule has 0 atom stereocenters. The van der Waals surface area contributed by atoms with Gasteiger partial charge in [0.05, 0.1) is 23.5 Å². The molecule has 0 unspecified atom stereocenters. The SMILES string of the molecule is Cc1ccc(C#N)c(NCc2cccnn2)c1. The molecule has 0 spiro atoms. The molecule has 17 heavy (non-hydrogen) atoms. The van der Waals surface area contributed by atoms with Gasteiger partial charge in [-0.25, -0.2) is 0 Å². The molecule has 0 aliphatic carbocycles. The Morgan fingerprint density at radius 1 is 1.35 bits per heavy atom. The molecule has 84 valence electrons. The van der Waals surface area contributed by atoms with Gasteiger partial charge in [-0.1, -0.05) is 6.07 Å². The fourth-order valence-electron chi connectivity index (χ4n) is 1.52. The molecule has 4 nitrogen and oxygen atoms in total. The summed E-state index contributed by atoms with van der Waals surface area (Å²) in [6.07, 6.45) is 1.64. The molecule has 0 aliphatic heterocycles. The summed E-state index contributed by atoms with van der Waals surface area (Å²) in [7, 11) is 0. The van der Waals surface area contributed by atoms with Crippen LogP contribution in [0.5, 0.6) is 0 Å². The third-order valence-corrected chi connectivity index (χ3v) is 2.38. The zero-order valence-corrected chi connectivity index (χ0v) is 9.51. The van der Waals surface area contributed by atoms with E-state index in [4.69, 9.17) is 5.26 Å². The van der Waals surface area contributed by atoms with E-state index >= 15 is 0 Å². The van der Waals surface area contributed by atoms with Crippen LogP contribution in [0.3, 0.4) is 0 Å². The lowest BCUT2D eigenvalue weighted by Gasteiger charge is -2.08. The molecule has 4 heteroatoms. The lowest BCUT2D eigenvalue weighted by Crippen LogP contribution is -2.03. The van der Waals surface area contributed by atoms with E-state index in [1.54, 1.807) is 6.20 Å². The number of nitrogens with one attached hydrogen (secondary N) is 1. The topological polar surface area (TPSA) is 61.6 Å². The maximum Gasteiger partial charge on any atom is 0.101 e. The van der Waals surface area contributed by atoms with Crippen LogP contribution in [0.4, 0.5) is 5.69 Å². The number of hydrogen-bond donors (Lipinski definition) is 1. The molecular formula is C13H12N4. The second-order valence-corrected chi connectivity index (χ2v) is 3.73. The van der Waals surface area contributed by atoms with Gasteiger partial charge in [-0.3, -0.25) is 0 Å². The Balaban J connectivity index is 2.14. The summed E-state index contributed by atoms with van der Waals surface area (Å²) in [6.45, 7) is 2.56. The minimum absolute atomic E-state index is 0.561. The van der Waals surface area contributed by atoms with Crippen molar-refractivity contribution in [3.8, 4) is 6.07 Å². The van der Waals surface area contributed by atoms with Crippen molar-refractivity contribution in [2.75, 3.05) is 5.32 Å². The van der Waals surface area contributed by atoms with Crippen LogP contribution in [0.25, 0.3) is 0 Å². The number of hydrogen-bond acceptors (Lipinski definition) is 4. The highest BCUT2D eigenvalue weighted by Crippen LogP contribution is 2.17. The van der Waals surface area contributed by atoms with Gasteiger partial charge in [0.2, 0.25) is 0 Å². The zero-order chi connectivity index (χ0) is 12.1. The quantitative estimate of drug-likeness (QED) is 0.868. The molecule has 1 N–H and O–H groups in total. The van der Waals surface area contributed by atoms with Crippen molar-refractivity contribution >= 4 is 5.69 Å². The summed E-state index contributed by atoms with van der Waals surface area (Å²) in [5.41, 5.74) is 3.43. The van der Waals surface area contributed by atoms with E-state index in [2.05, 4.69) is 21.6 Å². The van der Waals surface area contributed by atoms with Crippen LogP contribution in [0.15, 0.2) is 36.5 Å². The molecule has 0 amide bonds. The van der Waals surface area contributed by atoms with Crippen molar-refractivity contribution in [1.82, 2.24) is 10.2 Å². The van der Waals surface area contributed by atoms with E-state index in [0.717, 1.165) is 16.9 Å². The number of nitrogens with zero attached hydrogens (tertiary/aromatic N) is 3. The van der Waals surface area contributed by atoms with Crippen LogP contribution in [0, 0.1) is 18.3 Å². The summed E-state index contributed by atoms with van der Waals surface area (Å²) in [6, 6.07) is 11.6. The molecule has 2 aromatic rings. The van der Waals surface area contributed by atoms with Crippen molar-refractivity contribution < 1.29 is 0 Å². The monoisotopic (exact) mass is 224 g/mol. The first-order valence-corrected chi connectivity index (χ1v) is 5.31. The van der Waals surface area contributed by atoms with Crippen molar-refractivity contribution in [2.45, 2.75) is 13.5 Å². The summed E-state index contributed by atoms with van der Waals surface area (Å²) in [5.74, 6) is 0. The van der Waals surface area contributed by atoms with Gasteiger partial charge in [0.25, 0.3) is 0 Å². The Kier molecular flexibility index (Phi) is 3.31. The lowest BCUT2D eigenvalue weighted by atomic mass is 10.1. The van der Waals surface area contributed by atoms with Crippen LogP contribution in [-0.4, -0.2) is 10.2 Å². The Morgan fingerprint density at radius 3 is 2.94 bits per heavy atom.